The summed E-state index contributed by atoms with van der Waals surface area (Å²) in [5, 5.41) is 4.74. The van der Waals surface area contributed by atoms with Crippen LogP contribution in [0.5, 0.6) is 0 Å². The molecule has 0 unspecified atom stereocenters. The molecule has 1 saturated heterocycles. The van der Waals surface area contributed by atoms with Gasteiger partial charge in [-0.05, 0) is 23.6 Å². The molecule has 0 aliphatic carbocycles. The Hall–Kier alpha value is -2.63. The third-order valence-corrected chi connectivity index (χ3v) is 5.12. The highest BCUT2D eigenvalue weighted by Gasteiger charge is 2.26. The van der Waals surface area contributed by atoms with E-state index in [0.717, 1.165) is 24.0 Å². The third-order valence-electron chi connectivity index (χ3n) is 5.12. The molecule has 1 aliphatic rings. The first-order chi connectivity index (χ1) is 13.3. The standard InChI is InChI=1S/C22H25N3O2/c26-22(25-12-14-27-15-13-25)21(17-6-2-1-3-7-17)23-11-10-18-16-24-20-9-5-4-8-19(18)20/h1-9,16,21,23-24H,10-15H2/t21-/m1/s1. The average Bonchev–Trinajstić information content (AvgIpc) is 3.15. The number of benzene rings is 2. The second-order valence-electron chi connectivity index (χ2n) is 6.84. The Morgan fingerprint density at radius 1 is 1.07 bits per heavy atom. The van der Waals surface area contributed by atoms with E-state index in [9.17, 15) is 4.79 Å². The highest BCUT2D eigenvalue weighted by molar-refractivity contribution is 5.84. The van der Waals surface area contributed by atoms with Crippen molar-refractivity contribution in [1.29, 1.82) is 0 Å². The summed E-state index contributed by atoms with van der Waals surface area (Å²) in [4.78, 5) is 18.3. The number of hydrogen-bond donors (Lipinski definition) is 2. The van der Waals surface area contributed by atoms with Gasteiger partial charge in [0.25, 0.3) is 0 Å². The fourth-order valence-corrected chi connectivity index (χ4v) is 3.65. The third kappa shape index (κ3) is 4.04. The van der Waals surface area contributed by atoms with Crippen LogP contribution in [0.2, 0.25) is 0 Å². The minimum absolute atomic E-state index is 0.128. The number of H-pyrrole nitrogens is 1. The molecule has 1 amide bonds. The van der Waals surface area contributed by atoms with Gasteiger partial charge < -0.3 is 19.9 Å². The number of amides is 1. The fourth-order valence-electron chi connectivity index (χ4n) is 3.65. The van der Waals surface area contributed by atoms with Crippen molar-refractivity contribution < 1.29 is 9.53 Å². The molecule has 27 heavy (non-hydrogen) atoms. The molecule has 0 radical (unpaired) electrons. The molecule has 1 atom stereocenters. The molecule has 1 aliphatic heterocycles. The summed E-state index contributed by atoms with van der Waals surface area (Å²) in [6, 6.07) is 18.0. The van der Waals surface area contributed by atoms with Gasteiger partial charge in [0, 0.05) is 36.7 Å². The first-order valence-electron chi connectivity index (χ1n) is 9.53. The van der Waals surface area contributed by atoms with Gasteiger partial charge in [0.1, 0.15) is 6.04 Å². The Balaban J connectivity index is 1.46. The number of aromatic amines is 1. The van der Waals surface area contributed by atoms with Gasteiger partial charge in [-0.3, -0.25) is 4.79 Å². The van der Waals surface area contributed by atoms with Crippen LogP contribution in [0.4, 0.5) is 0 Å². The molecule has 5 heteroatoms. The molecule has 1 aromatic heterocycles. The van der Waals surface area contributed by atoms with E-state index < -0.39 is 0 Å². The SMILES string of the molecule is O=C([C@H](NCCc1c[nH]c2ccccc12)c1ccccc1)N1CCOCC1. The van der Waals surface area contributed by atoms with Crippen LogP contribution in [0.25, 0.3) is 10.9 Å². The van der Waals surface area contributed by atoms with Gasteiger partial charge in [-0.25, -0.2) is 0 Å². The maximum absolute atomic E-state index is 13.1. The molecule has 2 heterocycles. The lowest BCUT2D eigenvalue weighted by Gasteiger charge is -2.31. The van der Waals surface area contributed by atoms with Crippen molar-refractivity contribution in [2.45, 2.75) is 12.5 Å². The number of nitrogens with one attached hydrogen (secondary N) is 2. The number of rotatable bonds is 6. The number of ether oxygens (including phenoxy) is 1. The lowest BCUT2D eigenvalue weighted by molar-refractivity contribution is -0.137. The summed E-state index contributed by atoms with van der Waals surface area (Å²) in [5.41, 5.74) is 3.42. The van der Waals surface area contributed by atoms with Gasteiger partial charge in [0.2, 0.25) is 5.91 Å². The number of carbonyl (C=O) groups is 1. The van der Waals surface area contributed by atoms with Gasteiger partial charge in [-0.1, -0.05) is 48.5 Å². The second-order valence-corrected chi connectivity index (χ2v) is 6.84. The van der Waals surface area contributed by atoms with Crippen LogP contribution in [-0.2, 0) is 16.0 Å². The molecule has 5 nitrogen and oxygen atoms in total. The van der Waals surface area contributed by atoms with Crippen LogP contribution < -0.4 is 5.32 Å². The minimum atomic E-state index is -0.325. The number of hydrogen-bond acceptors (Lipinski definition) is 3. The molecule has 2 N–H and O–H groups in total. The van der Waals surface area contributed by atoms with Gasteiger partial charge >= 0.3 is 0 Å². The lowest BCUT2D eigenvalue weighted by atomic mass is 10.0. The largest absolute Gasteiger partial charge is 0.378 e. The van der Waals surface area contributed by atoms with Crippen molar-refractivity contribution in [3.63, 3.8) is 0 Å². The predicted molar refractivity (Wildman–Crippen MR) is 107 cm³/mol. The normalized spacial score (nSPS) is 15.8. The van der Waals surface area contributed by atoms with Crippen molar-refractivity contribution in [2.24, 2.45) is 0 Å². The van der Waals surface area contributed by atoms with Crippen molar-refractivity contribution >= 4 is 16.8 Å². The highest BCUT2D eigenvalue weighted by atomic mass is 16.5. The number of morpholine rings is 1. The number of nitrogens with zero attached hydrogens (tertiary/aromatic N) is 1. The van der Waals surface area contributed by atoms with Crippen LogP contribution in [0.15, 0.2) is 60.8 Å². The zero-order valence-electron chi connectivity index (χ0n) is 15.4. The Morgan fingerprint density at radius 2 is 1.81 bits per heavy atom. The van der Waals surface area contributed by atoms with Crippen molar-refractivity contribution in [3.8, 4) is 0 Å². The van der Waals surface area contributed by atoms with Gasteiger partial charge in [0.15, 0.2) is 0 Å². The number of fused-ring (bicyclic) bond motifs is 1. The van der Waals surface area contributed by atoms with E-state index in [1.807, 2.05) is 41.3 Å². The van der Waals surface area contributed by atoms with E-state index in [4.69, 9.17) is 4.74 Å². The Bertz CT molecular complexity index is 885. The summed E-state index contributed by atoms with van der Waals surface area (Å²) in [7, 11) is 0. The summed E-state index contributed by atoms with van der Waals surface area (Å²) in [5.74, 6) is 0.128. The monoisotopic (exact) mass is 363 g/mol. The van der Waals surface area contributed by atoms with Gasteiger partial charge in [-0.2, -0.15) is 0 Å². The smallest absolute Gasteiger partial charge is 0.244 e. The van der Waals surface area contributed by atoms with Crippen LogP contribution in [0, 0.1) is 0 Å². The molecule has 2 aromatic carbocycles. The molecule has 4 rings (SSSR count). The second kappa shape index (κ2) is 8.37. The average molecular weight is 363 g/mol. The van der Waals surface area contributed by atoms with E-state index in [2.05, 4.69) is 34.7 Å². The molecular weight excluding hydrogens is 338 g/mol. The quantitative estimate of drug-likeness (QED) is 0.708. The van der Waals surface area contributed by atoms with E-state index in [1.165, 1.54) is 10.9 Å². The Kier molecular flexibility index (Phi) is 5.51. The Labute approximate surface area is 159 Å². The summed E-state index contributed by atoms with van der Waals surface area (Å²) < 4.78 is 5.39. The Morgan fingerprint density at radius 3 is 2.63 bits per heavy atom. The van der Waals surface area contributed by atoms with Crippen molar-refractivity contribution in [3.05, 3.63) is 71.9 Å². The molecule has 140 valence electrons. The number of aromatic nitrogens is 1. The molecular formula is C22H25N3O2. The summed E-state index contributed by atoms with van der Waals surface area (Å²) >= 11 is 0. The molecule has 0 spiro atoms. The van der Waals surface area contributed by atoms with Crippen LogP contribution in [0.1, 0.15) is 17.2 Å². The molecule has 0 bridgehead atoms. The van der Waals surface area contributed by atoms with Crippen molar-refractivity contribution in [1.82, 2.24) is 15.2 Å². The molecule has 0 saturated carbocycles. The van der Waals surface area contributed by atoms with Crippen LogP contribution in [0.3, 0.4) is 0 Å². The molecule has 1 fully saturated rings. The van der Waals surface area contributed by atoms with Gasteiger partial charge in [-0.15, -0.1) is 0 Å². The molecule has 3 aromatic rings. The van der Waals surface area contributed by atoms with E-state index in [1.54, 1.807) is 0 Å². The maximum atomic E-state index is 13.1. The van der Waals surface area contributed by atoms with E-state index in [-0.39, 0.29) is 11.9 Å². The highest BCUT2D eigenvalue weighted by Crippen LogP contribution is 2.20. The topological polar surface area (TPSA) is 57.4 Å². The fraction of sp³-hybridized carbons (Fsp3) is 0.318. The first-order valence-corrected chi connectivity index (χ1v) is 9.53. The van der Waals surface area contributed by atoms with Crippen LogP contribution in [-0.4, -0.2) is 48.6 Å². The zero-order valence-corrected chi connectivity index (χ0v) is 15.4. The predicted octanol–water partition coefficient (Wildman–Crippen LogP) is 2.90. The van der Waals surface area contributed by atoms with E-state index in [0.29, 0.717) is 26.3 Å². The minimum Gasteiger partial charge on any atom is -0.378 e. The van der Waals surface area contributed by atoms with Crippen LogP contribution >= 0.6 is 0 Å². The lowest BCUT2D eigenvalue weighted by Crippen LogP contribution is -2.46. The van der Waals surface area contributed by atoms with E-state index >= 15 is 0 Å². The number of carbonyl (C=O) groups excluding carboxylic acids is 1. The maximum Gasteiger partial charge on any atom is 0.244 e. The summed E-state index contributed by atoms with van der Waals surface area (Å²) in [6.45, 7) is 3.28. The van der Waals surface area contributed by atoms with Gasteiger partial charge in [0.05, 0.1) is 13.2 Å². The zero-order chi connectivity index (χ0) is 18.5. The summed E-state index contributed by atoms with van der Waals surface area (Å²) in [6.07, 6.45) is 2.93. The number of para-hydroxylation sites is 1. The van der Waals surface area contributed by atoms with Crippen molar-refractivity contribution in [2.75, 3.05) is 32.8 Å². The first kappa shape index (κ1) is 17.8.